The number of nitrogens with zero attached hydrogens (tertiary/aromatic N) is 1. The van der Waals surface area contributed by atoms with Gasteiger partial charge in [-0.1, -0.05) is 41.1 Å². The first-order chi connectivity index (χ1) is 10.9. The van der Waals surface area contributed by atoms with E-state index in [2.05, 4.69) is 26.2 Å². The second-order valence-electron chi connectivity index (χ2n) is 5.67. The standard InChI is InChI=1S/C16H21BrN2O3S/c1-9(2)14(17)15(20)19-16-18-12-6-5-11(7-13(12)23-16)22-10(3)8-21-4/h5-7,9-10,14H,8H2,1-4H3,(H,18,19,20). The number of nitrogens with one attached hydrogen (secondary N) is 1. The van der Waals surface area contributed by atoms with Gasteiger partial charge in [0.05, 0.1) is 21.7 Å². The van der Waals surface area contributed by atoms with Gasteiger partial charge >= 0.3 is 0 Å². The second-order valence-corrected chi connectivity index (χ2v) is 7.68. The van der Waals surface area contributed by atoms with Crippen LogP contribution < -0.4 is 10.1 Å². The molecule has 7 heteroatoms. The third kappa shape index (κ3) is 4.89. The van der Waals surface area contributed by atoms with Crippen molar-refractivity contribution in [1.82, 2.24) is 4.98 Å². The zero-order chi connectivity index (χ0) is 17.0. The number of carbonyl (C=O) groups is 1. The first kappa shape index (κ1) is 18.2. The van der Waals surface area contributed by atoms with Crippen LogP contribution >= 0.6 is 27.3 Å². The second kappa shape index (κ2) is 8.08. The normalized spacial score (nSPS) is 14.0. The van der Waals surface area contributed by atoms with Crippen LogP contribution in [-0.4, -0.2) is 35.5 Å². The summed E-state index contributed by atoms with van der Waals surface area (Å²) in [7, 11) is 1.65. The van der Waals surface area contributed by atoms with E-state index in [0.717, 1.165) is 16.0 Å². The van der Waals surface area contributed by atoms with Crippen LogP contribution in [0.5, 0.6) is 5.75 Å². The average molecular weight is 401 g/mol. The van der Waals surface area contributed by atoms with Crippen LogP contribution in [-0.2, 0) is 9.53 Å². The Hall–Kier alpha value is -1.18. The minimum Gasteiger partial charge on any atom is -0.488 e. The van der Waals surface area contributed by atoms with Crippen molar-refractivity contribution in [2.45, 2.75) is 31.7 Å². The molecule has 2 aromatic rings. The highest BCUT2D eigenvalue weighted by Gasteiger charge is 2.20. The molecule has 0 fully saturated rings. The van der Waals surface area contributed by atoms with E-state index < -0.39 is 0 Å². The predicted octanol–water partition coefficient (Wildman–Crippen LogP) is 4.07. The number of hydrogen-bond acceptors (Lipinski definition) is 5. The third-order valence-electron chi connectivity index (χ3n) is 3.16. The highest BCUT2D eigenvalue weighted by molar-refractivity contribution is 9.10. The Morgan fingerprint density at radius 3 is 2.78 bits per heavy atom. The Morgan fingerprint density at radius 2 is 2.13 bits per heavy atom. The number of thiazole rings is 1. The molecule has 1 aromatic carbocycles. The van der Waals surface area contributed by atoms with E-state index in [0.29, 0.717) is 11.7 Å². The number of ether oxygens (including phenoxy) is 2. The molecule has 1 heterocycles. The molecular formula is C16H21BrN2O3S. The molecule has 0 spiro atoms. The molecule has 2 unspecified atom stereocenters. The van der Waals surface area contributed by atoms with E-state index in [4.69, 9.17) is 9.47 Å². The Labute approximate surface area is 148 Å². The quantitative estimate of drug-likeness (QED) is 0.711. The van der Waals surface area contributed by atoms with E-state index in [-0.39, 0.29) is 22.8 Å². The number of aromatic nitrogens is 1. The Morgan fingerprint density at radius 1 is 1.39 bits per heavy atom. The van der Waals surface area contributed by atoms with Crippen LogP contribution in [0.3, 0.4) is 0 Å². The van der Waals surface area contributed by atoms with E-state index in [1.54, 1.807) is 7.11 Å². The van der Waals surface area contributed by atoms with E-state index >= 15 is 0 Å². The number of carbonyl (C=O) groups excluding carboxylic acids is 1. The number of anilines is 1. The van der Waals surface area contributed by atoms with Gasteiger partial charge in [-0.15, -0.1) is 0 Å². The SMILES string of the molecule is COCC(C)Oc1ccc2nc(NC(=O)C(Br)C(C)C)sc2c1. The molecule has 0 saturated heterocycles. The lowest BCUT2D eigenvalue weighted by Gasteiger charge is -2.13. The number of benzene rings is 1. The largest absolute Gasteiger partial charge is 0.488 e. The highest BCUT2D eigenvalue weighted by Crippen LogP contribution is 2.30. The number of amides is 1. The molecule has 0 aliphatic heterocycles. The maximum absolute atomic E-state index is 12.1. The van der Waals surface area contributed by atoms with Crippen LogP contribution in [0.25, 0.3) is 10.2 Å². The lowest BCUT2D eigenvalue weighted by atomic mass is 10.1. The van der Waals surface area contributed by atoms with Crippen molar-refractivity contribution in [1.29, 1.82) is 0 Å². The van der Waals surface area contributed by atoms with Gasteiger partial charge in [-0.25, -0.2) is 4.98 Å². The number of halogens is 1. The maximum Gasteiger partial charge on any atom is 0.240 e. The lowest BCUT2D eigenvalue weighted by Crippen LogP contribution is -2.26. The van der Waals surface area contributed by atoms with Crippen molar-refractivity contribution < 1.29 is 14.3 Å². The summed E-state index contributed by atoms with van der Waals surface area (Å²) in [5.41, 5.74) is 0.840. The Balaban J connectivity index is 2.11. The minimum absolute atomic E-state index is 0.0234. The minimum atomic E-state index is -0.233. The molecule has 1 aromatic heterocycles. The summed E-state index contributed by atoms with van der Waals surface area (Å²) >= 11 is 4.83. The Bertz CT molecular complexity index is 674. The number of hydrogen-bond donors (Lipinski definition) is 1. The lowest BCUT2D eigenvalue weighted by molar-refractivity contribution is -0.116. The van der Waals surface area contributed by atoms with Gasteiger partial charge in [-0.05, 0) is 31.0 Å². The van der Waals surface area contributed by atoms with Crippen LogP contribution in [0.1, 0.15) is 20.8 Å². The van der Waals surface area contributed by atoms with Crippen molar-refractivity contribution in [2.24, 2.45) is 5.92 Å². The van der Waals surface area contributed by atoms with Crippen LogP contribution in [0.2, 0.25) is 0 Å². The number of fused-ring (bicyclic) bond motifs is 1. The van der Waals surface area contributed by atoms with Crippen molar-refractivity contribution in [3.63, 3.8) is 0 Å². The van der Waals surface area contributed by atoms with Crippen LogP contribution in [0.4, 0.5) is 5.13 Å². The van der Waals surface area contributed by atoms with Crippen molar-refractivity contribution >= 4 is 48.5 Å². The highest BCUT2D eigenvalue weighted by atomic mass is 79.9. The maximum atomic E-state index is 12.1. The molecule has 0 radical (unpaired) electrons. The zero-order valence-electron chi connectivity index (χ0n) is 13.6. The molecule has 23 heavy (non-hydrogen) atoms. The summed E-state index contributed by atoms with van der Waals surface area (Å²) in [6.45, 7) is 6.46. The molecule has 0 saturated carbocycles. The molecular weight excluding hydrogens is 380 g/mol. The van der Waals surface area contributed by atoms with Gasteiger partial charge in [0.15, 0.2) is 5.13 Å². The molecule has 2 atom stereocenters. The van der Waals surface area contributed by atoms with Crippen molar-refractivity contribution in [2.75, 3.05) is 19.0 Å². The molecule has 0 bridgehead atoms. The van der Waals surface area contributed by atoms with Gasteiger partial charge in [0, 0.05) is 7.11 Å². The van der Waals surface area contributed by atoms with Gasteiger partial charge in [0.2, 0.25) is 5.91 Å². The predicted molar refractivity (Wildman–Crippen MR) is 97.8 cm³/mol. The molecule has 5 nitrogen and oxygen atoms in total. The van der Waals surface area contributed by atoms with Crippen molar-refractivity contribution in [3.05, 3.63) is 18.2 Å². The van der Waals surface area contributed by atoms with Gasteiger partial charge in [-0.2, -0.15) is 0 Å². The van der Waals surface area contributed by atoms with Crippen molar-refractivity contribution in [3.8, 4) is 5.75 Å². The van der Waals surface area contributed by atoms with Crippen LogP contribution in [0, 0.1) is 5.92 Å². The molecule has 0 aliphatic rings. The van der Waals surface area contributed by atoms with Gasteiger partial charge in [0.25, 0.3) is 0 Å². The summed E-state index contributed by atoms with van der Waals surface area (Å²) in [6, 6.07) is 5.70. The first-order valence-electron chi connectivity index (χ1n) is 7.41. The van der Waals surface area contributed by atoms with E-state index in [1.165, 1.54) is 11.3 Å². The summed E-state index contributed by atoms with van der Waals surface area (Å²) in [5, 5.41) is 3.45. The van der Waals surface area contributed by atoms with E-state index in [1.807, 2.05) is 39.0 Å². The van der Waals surface area contributed by atoms with E-state index in [9.17, 15) is 4.79 Å². The summed E-state index contributed by atoms with van der Waals surface area (Å²) in [4.78, 5) is 16.3. The van der Waals surface area contributed by atoms with Gasteiger partial charge < -0.3 is 14.8 Å². The monoisotopic (exact) mass is 400 g/mol. The fourth-order valence-corrected chi connectivity index (χ4v) is 3.02. The molecule has 1 N–H and O–H groups in total. The number of rotatable bonds is 7. The molecule has 2 rings (SSSR count). The average Bonchev–Trinajstić information content (AvgIpc) is 2.87. The molecule has 1 amide bonds. The van der Waals surface area contributed by atoms with Gasteiger partial charge in [0.1, 0.15) is 11.9 Å². The Kier molecular flexibility index (Phi) is 6.38. The summed E-state index contributed by atoms with van der Waals surface area (Å²) < 4.78 is 11.8. The topological polar surface area (TPSA) is 60.5 Å². The van der Waals surface area contributed by atoms with Gasteiger partial charge in [-0.3, -0.25) is 4.79 Å². The zero-order valence-corrected chi connectivity index (χ0v) is 16.0. The molecule has 0 aliphatic carbocycles. The third-order valence-corrected chi connectivity index (χ3v) is 5.57. The number of methoxy groups -OCH3 is 1. The fourth-order valence-electron chi connectivity index (χ4n) is 2.01. The summed E-state index contributed by atoms with van der Waals surface area (Å²) in [5.74, 6) is 0.903. The summed E-state index contributed by atoms with van der Waals surface area (Å²) in [6.07, 6.45) is -0.0234. The van der Waals surface area contributed by atoms with Crippen LogP contribution in [0.15, 0.2) is 18.2 Å². The smallest absolute Gasteiger partial charge is 0.240 e. The fraction of sp³-hybridized carbons (Fsp3) is 0.500. The molecule has 126 valence electrons. The number of alkyl halides is 1. The first-order valence-corrected chi connectivity index (χ1v) is 9.15.